The van der Waals surface area contributed by atoms with Crippen LogP contribution in [0.5, 0.6) is 0 Å². The first-order valence-electron chi connectivity index (χ1n) is 11.8. The molecule has 0 aliphatic carbocycles. The molecule has 5 atom stereocenters. The van der Waals surface area contributed by atoms with Crippen LogP contribution in [0.3, 0.4) is 0 Å². The third-order valence-electron chi connectivity index (χ3n) is 7.05. The predicted molar refractivity (Wildman–Crippen MR) is 121 cm³/mol. The molecule has 3 fully saturated rings. The van der Waals surface area contributed by atoms with Gasteiger partial charge in [0.05, 0.1) is 18.3 Å². The maximum absolute atomic E-state index is 12.5. The van der Waals surface area contributed by atoms with Crippen molar-refractivity contribution in [2.45, 2.75) is 37.4 Å². The summed E-state index contributed by atoms with van der Waals surface area (Å²) in [5.74, 6) is -4.09. The fraction of sp³-hybridized carbons (Fsp3) is 0.407. The quantitative estimate of drug-likeness (QED) is 0.308. The summed E-state index contributed by atoms with van der Waals surface area (Å²) in [6.07, 6.45) is 1.41. The SMILES string of the molecule is O=C(CCCc1ccccc1)OC[C@H]1C[C@]2(COC(=O)c3ccccc3)O[C@H]1[C@H]1C(=O)OC(=O)[C@H]12. The van der Waals surface area contributed by atoms with Gasteiger partial charge in [0.15, 0.2) is 0 Å². The van der Waals surface area contributed by atoms with Crippen molar-refractivity contribution in [1.82, 2.24) is 0 Å². The standard InChI is InChI=1S/C27H26O8/c28-20(13-7-10-17-8-3-1-4-9-17)32-15-19-14-27(16-33-24(29)18-11-5-2-6-12-18)22-21(23(19)35-27)25(30)34-26(22)31/h1-6,8-9,11-12,19,21-23H,7,10,13-16H2/t19-,21+,22+,23-,27-/m1/s1. The molecule has 3 heterocycles. The summed E-state index contributed by atoms with van der Waals surface area (Å²) < 4.78 is 22.0. The van der Waals surface area contributed by atoms with Crippen LogP contribution in [0.2, 0.25) is 0 Å². The minimum Gasteiger partial charge on any atom is -0.465 e. The smallest absolute Gasteiger partial charge is 0.338 e. The maximum Gasteiger partial charge on any atom is 0.338 e. The summed E-state index contributed by atoms with van der Waals surface area (Å²) in [7, 11) is 0. The van der Waals surface area contributed by atoms with Crippen LogP contribution in [0.1, 0.15) is 35.2 Å². The van der Waals surface area contributed by atoms with E-state index in [9.17, 15) is 19.2 Å². The summed E-state index contributed by atoms with van der Waals surface area (Å²) in [5.41, 5.74) is 0.358. The molecule has 3 aliphatic rings. The number of carbonyl (C=O) groups is 4. The van der Waals surface area contributed by atoms with Crippen molar-refractivity contribution in [2.24, 2.45) is 17.8 Å². The van der Waals surface area contributed by atoms with Crippen LogP contribution >= 0.6 is 0 Å². The van der Waals surface area contributed by atoms with Gasteiger partial charge in [0.1, 0.15) is 24.0 Å². The Labute approximate surface area is 202 Å². The zero-order chi connectivity index (χ0) is 24.4. The van der Waals surface area contributed by atoms with Crippen LogP contribution in [-0.4, -0.2) is 48.8 Å². The molecule has 35 heavy (non-hydrogen) atoms. The monoisotopic (exact) mass is 478 g/mol. The number of aryl methyl sites for hydroxylation is 1. The van der Waals surface area contributed by atoms with Crippen LogP contribution in [0.15, 0.2) is 60.7 Å². The highest BCUT2D eigenvalue weighted by molar-refractivity contribution is 5.98. The average molecular weight is 478 g/mol. The van der Waals surface area contributed by atoms with Crippen LogP contribution in [0.4, 0.5) is 0 Å². The Morgan fingerprint density at radius 3 is 2.40 bits per heavy atom. The van der Waals surface area contributed by atoms with Gasteiger partial charge in [-0.2, -0.15) is 0 Å². The molecule has 3 saturated heterocycles. The van der Waals surface area contributed by atoms with Crippen LogP contribution in [0, 0.1) is 17.8 Å². The molecule has 0 aromatic heterocycles. The molecule has 3 aliphatic heterocycles. The van der Waals surface area contributed by atoms with E-state index >= 15 is 0 Å². The van der Waals surface area contributed by atoms with Gasteiger partial charge in [-0.1, -0.05) is 48.5 Å². The minimum absolute atomic E-state index is 0.0634. The number of hydrogen-bond acceptors (Lipinski definition) is 8. The average Bonchev–Trinajstić information content (AvgIpc) is 3.51. The number of hydrogen-bond donors (Lipinski definition) is 0. The summed E-state index contributed by atoms with van der Waals surface area (Å²) in [6, 6.07) is 18.4. The van der Waals surface area contributed by atoms with Crippen molar-refractivity contribution in [2.75, 3.05) is 13.2 Å². The molecule has 2 aromatic carbocycles. The maximum atomic E-state index is 12.5. The fourth-order valence-corrected chi connectivity index (χ4v) is 5.46. The molecule has 8 heteroatoms. The van der Waals surface area contributed by atoms with E-state index in [1.807, 2.05) is 30.3 Å². The second-order valence-electron chi connectivity index (χ2n) is 9.32. The molecular formula is C27H26O8. The van der Waals surface area contributed by atoms with Crippen molar-refractivity contribution in [1.29, 1.82) is 0 Å². The molecule has 0 spiro atoms. The largest absolute Gasteiger partial charge is 0.465 e. The lowest BCUT2D eigenvalue weighted by atomic mass is 9.69. The third-order valence-corrected chi connectivity index (χ3v) is 7.05. The third kappa shape index (κ3) is 4.58. The number of benzene rings is 2. The van der Waals surface area contributed by atoms with Crippen LogP contribution in [-0.2, 0) is 39.8 Å². The number of ether oxygens (including phenoxy) is 4. The van der Waals surface area contributed by atoms with E-state index in [2.05, 4.69) is 0 Å². The highest BCUT2D eigenvalue weighted by atomic mass is 16.6. The summed E-state index contributed by atoms with van der Waals surface area (Å²) in [4.78, 5) is 49.6. The molecule has 0 unspecified atom stereocenters. The van der Waals surface area contributed by atoms with Crippen molar-refractivity contribution in [3.8, 4) is 0 Å². The Hall–Kier alpha value is -3.52. The summed E-state index contributed by atoms with van der Waals surface area (Å²) >= 11 is 0. The first-order chi connectivity index (χ1) is 17.0. The molecule has 182 valence electrons. The number of cyclic esters (lactones) is 2. The highest BCUT2D eigenvalue weighted by Crippen LogP contribution is 2.57. The lowest BCUT2D eigenvalue weighted by Crippen LogP contribution is -2.47. The Balaban J connectivity index is 1.19. The van der Waals surface area contributed by atoms with Crippen molar-refractivity contribution in [3.05, 3.63) is 71.8 Å². The van der Waals surface area contributed by atoms with E-state index in [1.165, 1.54) is 0 Å². The molecule has 2 aromatic rings. The Morgan fingerprint density at radius 1 is 0.943 bits per heavy atom. The van der Waals surface area contributed by atoms with E-state index in [-0.39, 0.29) is 31.5 Å². The topological polar surface area (TPSA) is 105 Å². The van der Waals surface area contributed by atoms with Gasteiger partial charge in [0.2, 0.25) is 0 Å². The first kappa shape index (κ1) is 23.2. The number of fused-ring (bicyclic) bond motifs is 5. The molecular weight excluding hydrogens is 452 g/mol. The van der Waals surface area contributed by atoms with Gasteiger partial charge < -0.3 is 18.9 Å². The minimum atomic E-state index is -1.17. The van der Waals surface area contributed by atoms with E-state index < -0.39 is 41.4 Å². The van der Waals surface area contributed by atoms with E-state index in [0.717, 1.165) is 12.0 Å². The molecule has 0 N–H and O–H groups in total. The second-order valence-corrected chi connectivity index (χ2v) is 9.32. The Morgan fingerprint density at radius 2 is 1.66 bits per heavy atom. The van der Waals surface area contributed by atoms with Gasteiger partial charge in [-0.3, -0.25) is 14.4 Å². The molecule has 0 radical (unpaired) electrons. The summed E-state index contributed by atoms with van der Waals surface area (Å²) in [6.45, 7) is -0.129. The van der Waals surface area contributed by atoms with Gasteiger partial charge in [-0.05, 0) is 37.0 Å². The highest BCUT2D eigenvalue weighted by Gasteiger charge is 2.72. The Bertz CT molecular complexity index is 1110. The van der Waals surface area contributed by atoms with Crippen molar-refractivity contribution >= 4 is 23.9 Å². The lowest BCUT2D eigenvalue weighted by molar-refractivity contribution is -0.160. The van der Waals surface area contributed by atoms with E-state index in [1.54, 1.807) is 30.3 Å². The lowest BCUT2D eigenvalue weighted by Gasteiger charge is -2.31. The second kappa shape index (κ2) is 9.62. The fourth-order valence-electron chi connectivity index (χ4n) is 5.46. The number of carbonyl (C=O) groups excluding carboxylic acids is 4. The van der Waals surface area contributed by atoms with Crippen molar-refractivity contribution < 1.29 is 38.1 Å². The normalized spacial score (nSPS) is 28.5. The van der Waals surface area contributed by atoms with Gasteiger partial charge in [-0.15, -0.1) is 0 Å². The van der Waals surface area contributed by atoms with Gasteiger partial charge in [0, 0.05) is 12.3 Å². The molecule has 0 amide bonds. The van der Waals surface area contributed by atoms with Crippen LogP contribution < -0.4 is 0 Å². The molecule has 8 nitrogen and oxygen atoms in total. The number of rotatable bonds is 9. The van der Waals surface area contributed by atoms with Gasteiger partial charge >= 0.3 is 23.9 Å². The van der Waals surface area contributed by atoms with Crippen molar-refractivity contribution in [3.63, 3.8) is 0 Å². The van der Waals surface area contributed by atoms with E-state index in [4.69, 9.17) is 18.9 Å². The van der Waals surface area contributed by atoms with Gasteiger partial charge in [-0.25, -0.2) is 4.79 Å². The molecule has 2 bridgehead atoms. The molecule has 0 saturated carbocycles. The first-order valence-corrected chi connectivity index (χ1v) is 11.8. The summed E-state index contributed by atoms with van der Waals surface area (Å²) in [5, 5.41) is 0. The van der Waals surface area contributed by atoms with Gasteiger partial charge in [0.25, 0.3) is 0 Å². The number of esters is 4. The Kier molecular flexibility index (Phi) is 6.38. The van der Waals surface area contributed by atoms with Crippen LogP contribution in [0.25, 0.3) is 0 Å². The van der Waals surface area contributed by atoms with E-state index in [0.29, 0.717) is 18.4 Å². The predicted octanol–water partition coefficient (Wildman–Crippen LogP) is 2.88. The molecule has 5 rings (SSSR count). The zero-order valence-electron chi connectivity index (χ0n) is 19.1. The zero-order valence-corrected chi connectivity index (χ0v) is 19.1.